The molecular weight excluding hydrogens is 359 g/mol. The van der Waals surface area contributed by atoms with Gasteiger partial charge in [0, 0.05) is 25.7 Å². The predicted molar refractivity (Wildman–Crippen MR) is 105 cm³/mol. The fourth-order valence-corrected chi connectivity index (χ4v) is 3.61. The van der Waals surface area contributed by atoms with E-state index in [2.05, 4.69) is 20.2 Å². The van der Waals surface area contributed by atoms with E-state index in [-0.39, 0.29) is 17.5 Å². The van der Waals surface area contributed by atoms with Gasteiger partial charge in [-0.1, -0.05) is 30.3 Å². The largest absolute Gasteiger partial charge is 0.379 e. The lowest BCUT2D eigenvalue weighted by Gasteiger charge is -2.31. The Bertz CT molecular complexity index is 938. The third kappa shape index (κ3) is 4.37. The molecule has 1 unspecified atom stereocenters. The number of fused-ring (bicyclic) bond motifs is 1. The van der Waals surface area contributed by atoms with Crippen LogP contribution in [0.3, 0.4) is 0 Å². The smallest absolute Gasteiger partial charge is 0.253 e. The molecule has 1 amide bonds. The predicted octanol–water partition coefficient (Wildman–Crippen LogP) is 2.38. The van der Waals surface area contributed by atoms with Crippen LogP contribution < -0.4 is 5.32 Å². The molecule has 0 saturated carbocycles. The minimum atomic E-state index is -0.463. The summed E-state index contributed by atoms with van der Waals surface area (Å²) in [5.74, 6) is -0.777. The second kappa shape index (κ2) is 8.50. The number of nitrogens with zero attached hydrogens (tertiary/aromatic N) is 2. The molecule has 1 aliphatic heterocycles. The Labute approximate surface area is 162 Å². The van der Waals surface area contributed by atoms with Gasteiger partial charge in [-0.2, -0.15) is 0 Å². The van der Waals surface area contributed by atoms with Crippen LogP contribution >= 0.6 is 0 Å². The van der Waals surface area contributed by atoms with Gasteiger partial charge in [0.25, 0.3) is 5.91 Å². The molecule has 1 atom stereocenters. The van der Waals surface area contributed by atoms with Crippen molar-refractivity contribution in [2.75, 3.05) is 32.8 Å². The summed E-state index contributed by atoms with van der Waals surface area (Å²) in [5.41, 5.74) is 2.38. The van der Waals surface area contributed by atoms with Gasteiger partial charge in [0.1, 0.15) is 11.3 Å². The first-order valence-electron chi connectivity index (χ1n) is 9.46. The number of H-pyrrole nitrogens is 1. The number of ether oxygens (including phenoxy) is 1. The van der Waals surface area contributed by atoms with Crippen LogP contribution in [0.25, 0.3) is 11.0 Å². The quantitative estimate of drug-likeness (QED) is 0.687. The summed E-state index contributed by atoms with van der Waals surface area (Å²) in [6.45, 7) is 3.78. The lowest BCUT2D eigenvalue weighted by Crippen LogP contribution is -2.48. The van der Waals surface area contributed by atoms with E-state index >= 15 is 0 Å². The van der Waals surface area contributed by atoms with Crippen LogP contribution in [0.1, 0.15) is 15.9 Å². The number of rotatable bonds is 6. The fraction of sp³-hybridized carbons (Fsp3) is 0.333. The number of amides is 1. The number of hydrogen-bond donors (Lipinski definition) is 2. The maximum Gasteiger partial charge on any atom is 0.253 e. The van der Waals surface area contributed by atoms with Crippen LogP contribution in [0, 0.1) is 5.82 Å². The number of hydrogen-bond acceptors (Lipinski definition) is 4. The molecule has 0 spiro atoms. The van der Waals surface area contributed by atoms with E-state index in [1.807, 2.05) is 30.3 Å². The van der Waals surface area contributed by atoms with Gasteiger partial charge in [-0.15, -0.1) is 0 Å². The molecule has 0 radical (unpaired) electrons. The van der Waals surface area contributed by atoms with E-state index in [9.17, 15) is 9.18 Å². The van der Waals surface area contributed by atoms with Crippen LogP contribution in [0.2, 0.25) is 0 Å². The molecule has 4 rings (SSSR count). The van der Waals surface area contributed by atoms with Gasteiger partial charge in [0.05, 0.1) is 30.6 Å². The van der Waals surface area contributed by atoms with Gasteiger partial charge in [-0.25, -0.2) is 9.37 Å². The maximum atomic E-state index is 13.9. The monoisotopic (exact) mass is 382 g/mol. The molecule has 0 bridgehead atoms. The summed E-state index contributed by atoms with van der Waals surface area (Å²) in [6, 6.07) is 12.5. The number of aromatic nitrogens is 2. The number of benzene rings is 2. The van der Waals surface area contributed by atoms with E-state index in [1.165, 1.54) is 18.5 Å². The number of aromatic amines is 1. The zero-order valence-electron chi connectivity index (χ0n) is 15.5. The first-order valence-corrected chi connectivity index (χ1v) is 9.46. The van der Waals surface area contributed by atoms with E-state index in [1.54, 1.807) is 0 Å². The number of carbonyl (C=O) groups is 1. The summed E-state index contributed by atoms with van der Waals surface area (Å²) in [6.07, 6.45) is 2.17. The molecule has 1 aliphatic rings. The van der Waals surface area contributed by atoms with E-state index in [0.29, 0.717) is 37.2 Å². The van der Waals surface area contributed by atoms with Gasteiger partial charge in [0.15, 0.2) is 0 Å². The normalized spacial score (nSPS) is 16.2. The van der Waals surface area contributed by atoms with Crippen LogP contribution in [-0.2, 0) is 11.2 Å². The zero-order valence-corrected chi connectivity index (χ0v) is 15.5. The van der Waals surface area contributed by atoms with E-state index < -0.39 is 5.82 Å². The molecule has 6 nitrogen and oxygen atoms in total. The molecule has 2 aromatic carbocycles. The number of nitrogens with one attached hydrogen (secondary N) is 2. The van der Waals surface area contributed by atoms with Crippen molar-refractivity contribution >= 4 is 16.9 Å². The van der Waals surface area contributed by atoms with Crippen LogP contribution in [0.5, 0.6) is 0 Å². The van der Waals surface area contributed by atoms with Gasteiger partial charge >= 0.3 is 0 Å². The third-order valence-corrected chi connectivity index (χ3v) is 4.98. The minimum absolute atomic E-state index is 0.106. The highest BCUT2D eigenvalue weighted by molar-refractivity contribution is 6.04. The van der Waals surface area contributed by atoms with Crippen molar-refractivity contribution in [1.82, 2.24) is 20.2 Å². The Morgan fingerprint density at radius 3 is 2.82 bits per heavy atom. The molecule has 1 aromatic heterocycles. The zero-order chi connectivity index (χ0) is 19.3. The molecule has 2 N–H and O–H groups in total. The molecule has 1 fully saturated rings. The van der Waals surface area contributed by atoms with Crippen LogP contribution in [-0.4, -0.2) is 59.7 Å². The number of carbonyl (C=O) groups excluding carboxylic acids is 1. The topological polar surface area (TPSA) is 70.2 Å². The highest BCUT2D eigenvalue weighted by Gasteiger charge is 2.21. The van der Waals surface area contributed by atoms with Crippen molar-refractivity contribution in [2.24, 2.45) is 0 Å². The summed E-state index contributed by atoms with van der Waals surface area (Å²) in [5, 5.41) is 3.10. The third-order valence-electron chi connectivity index (χ3n) is 4.98. The maximum absolute atomic E-state index is 13.9. The van der Waals surface area contributed by atoms with E-state index in [4.69, 9.17) is 4.74 Å². The summed E-state index contributed by atoms with van der Waals surface area (Å²) in [4.78, 5) is 22.3. The molecular formula is C21H23FN4O2. The van der Waals surface area contributed by atoms with Gasteiger partial charge in [-0.3, -0.25) is 9.69 Å². The van der Waals surface area contributed by atoms with E-state index in [0.717, 1.165) is 18.7 Å². The Kier molecular flexibility index (Phi) is 5.64. The minimum Gasteiger partial charge on any atom is -0.379 e. The average Bonchev–Trinajstić information content (AvgIpc) is 3.17. The molecule has 2 heterocycles. The molecule has 3 aromatic rings. The Hall–Kier alpha value is -2.77. The van der Waals surface area contributed by atoms with Gasteiger partial charge in [-0.05, 0) is 24.1 Å². The lowest BCUT2D eigenvalue weighted by molar-refractivity contribution is 0.0333. The second-order valence-corrected chi connectivity index (χ2v) is 7.03. The van der Waals surface area contributed by atoms with Crippen molar-refractivity contribution in [2.45, 2.75) is 12.5 Å². The average molecular weight is 382 g/mol. The number of morpholine rings is 1. The highest BCUT2D eigenvalue weighted by atomic mass is 19.1. The van der Waals surface area contributed by atoms with Gasteiger partial charge in [0.2, 0.25) is 0 Å². The lowest BCUT2D eigenvalue weighted by atomic mass is 10.0. The summed E-state index contributed by atoms with van der Waals surface area (Å²) in [7, 11) is 0. The molecule has 7 heteroatoms. The van der Waals surface area contributed by atoms with Crippen molar-refractivity contribution in [1.29, 1.82) is 0 Å². The number of imidazole rings is 1. The van der Waals surface area contributed by atoms with Crippen molar-refractivity contribution in [3.8, 4) is 0 Å². The number of halogens is 1. The molecule has 28 heavy (non-hydrogen) atoms. The Morgan fingerprint density at radius 1 is 1.25 bits per heavy atom. The van der Waals surface area contributed by atoms with Crippen LogP contribution in [0.4, 0.5) is 4.39 Å². The molecule has 1 saturated heterocycles. The second-order valence-electron chi connectivity index (χ2n) is 7.03. The first kappa shape index (κ1) is 18.6. The van der Waals surface area contributed by atoms with Crippen molar-refractivity contribution in [3.63, 3.8) is 0 Å². The van der Waals surface area contributed by atoms with Gasteiger partial charge < -0.3 is 15.0 Å². The van der Waals surface area contributed by atoms with Crippen molar-refractivity contribution < 1.29 is 13.9 Å². The highest BCUT2D eigenvalue weighted by Crippen LogP contribution is 2.18. The van der Waals surface area contributed by atoms with Crippen LogP contribution in [0.15, 0.2) is 48.8 Å². The summed E-state index contributed by atoms with van der Waals surface area (Å²) < 4.78 is 19.4. The Morgan fingerprint density at radius 2 is 2.04 bits per heavy atom. The molecule has 0 aliphatic carbocycles. The first-order chi connectivity index (χ1) is 13.7. The fourth-order valence-electron chi connectivity index (χ4n) is 3.61. The SMILES string of the molecule is O=C(NC(Cc1ccccc1)CN1CCOCC1)c1cc(F)cc2[nH]cnc12. The molecule has 146 valence electrons. The summed E-state index contributed by atoms with van der Waals surface area (Å²) >= 11 is 0. The van der Waals surface area contributed by atoms with Crippen molar-refractivity contribution in [3.05, 3.63) is 65.7 Å². The standard InChI is InChI=1S/C21H23FN4O2/c22-16-11-18(20-19(12-16)23-14-24-20)21(27)25-17(10-15-4-2-1-3-5-15)13-26-6-8-28-9-7-26/h1-5,11-12,14,17H,6-10,13H2,(H,23,24)(H,25,27). The Balaban J connectivity index is 1.54.